The molecular formula is C8H14O2S. The number of carbonyl (C=O) groups excluding carboxylic acids is 1. The Bertz CT molecular complexity index is 130. The monoisotopic (exact) mass is 174 g/mol. The van der Waals surface area contributed by atoms with Crippen molar-refractivity contribution in [3.63, 3.8) is 0 Å². The number of hydrogen-bond acceptors (Lipinski definition) is 3. The van der Waals surface area contributed by atoms with E-state index in [-0.39, 0.29) is 17.8 Å². The second-order valence-electron chi connectivity index (χ2n) is 2.93. The van der Waals surface area contributed by atoms with Crippen molar-refractivity contribution < 1.29 is 9.53 Å². The highest BCUT2D eigenvalue weighted by Crippen LogP contribution is 2.24. The van der Waals surface area contributed by atoms with E-state index in [9.17, 15) is 4.79 Å². The fourth-order valence-electron chi connectivity index (χ4n) is 1.52. The molecule has 0 radical (unpaired) electrons. The van der Waals surface area contributed by atoms with Crippen LogP contribution in [-0.2, 0) is 9.53 Å². The molecule has 0 aromatic carbocycles. The van der Waals surface area contributed by atoms with E-state index in [1.807, 2.05) is 0 Å². The molecular weight excluding hydrogens is 160 g/mol. The van der Waals surface area contributed by atoms with Gasteiger partial charge in [0.1, 0.15) is 5.94 Å². The van der Waals surface area contributed by atoms with Crippen molar-refractivity contribution in [3.05, 3.63) is 0 Å². The highest BCUT2D eigenvalue weighted by molar-refractivity contribution is 7.80. The van der Waals surface area contributed by atoms with Crippen molar-refractivity contribution in [2.75, 3.05) is 5.94 Å². The van der Waals surface area contributed by atoms with Crippen LogP contribution >= 0.6 is 12.6 Å². The Morgan fingerprint density at radius 3 is 2.55 bits per heavy atom. The van der Waals surface area contributed by atoms with Crippen molar-refractivity contribution >= 4 is 18.6 Å². The summed E-state index contributed by atoms with van der Waals surface area (Å²) in [5.74, 6) is 0.325. The summed E-state index contributed by atoms with van der Waals surface area (Å²) in [7, 11) is 0. The van der Waals surface area contributed by atoms with Gasteiger partial charge in [0.2, 0.25) is 0 Å². The van der Waals surface area contributed by atoms with Crippen LogP contribution in [0.5, 0.6) is 0 Å². The zero-order chi connectivity index (χ0) is 8.10. The zero-order valence-electron chi connectivity index (χ0n) is 6.58. The molecule has 0 unspecified atom stereocenters. The second-order valence-corrected chi connectivity index (χ2v) is 3.19. The van der Waals surface area contributed by atoms with Crippen LogP contribution in [0.1, 0.15) is 32.1 Å². The molecule has 1 aliphatic carbocycles. The molecule has 2 nitrogen and oxygen atoms in total. The smallest absolute Gasteiger partial charge is 0.309 e. The lowest BCUT2D eigenvalue weighted by molar-refractivity contribution is -0.147. The van der Waals surface area contributed by atoms with Crippen LogP contribution in [0.3, 0.4) is 0 Å². The lowest BCUT2D eigenvalue weighted by Crippen LogP contribution is -2.19. The van der Waals surface area contributed by atoms with Gasteiger partial charge in [-0.25, -0.2) is 0 Å². The molecule has 1 aliphatic rings. The summed E-state index contributed by atoms with van der Waals surface area (Å²) in [5, 5.41) is 0. The Kier molecular flexibility index (Phi) is 3.77. The van der Waals surface area contributed by atoms with E-state index in [0.29, 0.717) is 0 Å². The minimum Gasteiger partial charge on any atom is -0.455 e. The van der Waals surface area contributed by atoms with E-state index in [1.165, 1.54) is 19.3 Å². The molecule has 1 rings (SSSR count). The van der Waals surface area contributed by atoms with Gasteiger partial charge in [-0.05, 0) is 12.8 Å². The summed E-state index contributed by atoms with van der Waals surface area (Å²) in [6, 6.07) is 0. The third kappa shape index (κ3) is 2.73. The van der Waals surface area contributed by atoms with Crippen LogP contribution in [0.4, 0.5) is 0 Å². The van der Waals surface area contributed by atoms with Crippen LogP contribution in [-0.4, -0.2) is 11.9 Å². The van der Waals surface area contributed by atoms with E-state index < -0.39 is 0 Å². The molecule has 0 aromatic rings. The Morgan fingerprint density at radius 2 is 2.00 bits per heavy atom. The van der Waals surface area contributed by atoms with Crippen LogP contribution < -0.4 is 0 Å². The number of hydrogen-bond donors (Lipinski definition) is 1. The first kappa shape index (κ1) is 8.91. The average molecular weight is 174 g/mol. The molecule has 0 amide bonds. The summed E-state index contributed by atoms with van der Waals surface area (Å²) in [6.07, 6.45) is 5.63. The lowest BCUT2D eigenvalue weighted by atomic mass is 9.89. The number of thiol groups is 1. The van der Waals surface area contributed by atoms with Gasteiger partial charge in [0.05, 0.1) is 5.92 Å². The maximum atomic E-state index is 11.1. The Labute approximate surface area is 72.7 Å². The van der Waals surface area contributed by atoms with E-state index in [2.05, 4.69) is 12.6 Å². The Morgan fingerprint density at radius 1 is 1.36 bits per heavy atom. The number of rotatable bonds is 2. The molecule has 11 heavy (non-hydrogen) atoms. The van der Waals surface area contributed by atoms with Crippen molar-refractivity contribution in [2.45, 2.75) is 32.1 Å². The summed E-state index contributed by atoms with van der Waals surface area (Å²) in [6.45, 7) is 0. The van der Waals surface area contributed by atoms with Gasteiger partial charge in [0.25, 0.3) is 0 Å². The van der Waals surface area contributed by atoms with Gasteiger partial charge in [-0.2, -0.15) is 0 Å². The van der Waals surface area contributed by atoms with Crippen LogP contribution in [0, 0.1) is 5.92 Å². The normalized spacial score (nSPS) is 19.7. The van der Waals surface area contributed by atoms with Gasteiger partial charge in [0, 0.05) is 0 Å². The molecule has 0 spiro atoms. The van der Waals surface area contributed by atoms with Crippen LogP contribution in [0.15, 0.2) is 0 Å². The summed E-state index contributed by atoms with van der Waals surface area (Å²) < 4.78 is 4.81. The van der Waals surface area contributed by atoms with Gasteiger partial charge >= 0.3 is 5.97 Å². The molecule has 0 N–H and O–H groups in total. The van der Waals surface area contributed by atoms with Gasteiger partial charge in [-0.15, -0.1) is 12.6 Å². The van der Waals surface area contributed by atoms with Crippen LogP contribution in [0.2, 0.25) is 0 Å². The highest BCUT2D eigenvalue weighted by atomic mass is 32.1. The molecule has 0 bridgehead atoms. The maximum absolute atomic E-state index is 11.1. The first-order valence-corrected chi connectivity index (χ1v) is 4.75. The van der Waals surface area contributed by atoms with Crippen molar-refractivity contribution in [1.82, 2.24) is 0 Å². The largest absolute Gasteiger partial charge is 0.455 e. The fraction of sp³-hybridized carbons (Fsp3) is 0.875. The number of esters is 1. The molecule has 0 saturated heterocycles. The second kappa shape index (κ2) is 4.65. The molecule has 3 heteroatoms. The molecule has 64 valence electrons. The third-order valence-corrected chi connectivity index (χ3v) is 2.27. The molecule has 0 atom stereocenters. The SMILES string of the molecule is O=C(OCS)C1CCCCC1. The molecule has 1 saturated carbocycles. The Hall–Kier alpha value is -0.180. The lowest BCUT2D eigenvalue weighted by Gasteiger charge is -2.19. The summed E-state index contributed by atoms with van der Waals surface area (Å²) in [4.78, 5) is 11.1. The first-order valence-electron chi connectivity index (χ1n) is 4.12. The van der Waals surface area contributed by atoms with Gasteiger partial charge in [-0.3, -0.25) is 4.79 Å². The first-order chi connectivity index (χ1) is 5.34. The topological polar surface area (TPSA) is 26.3 Å². The zero-order valence-corrected chi connectivity index (χ0v) is 7.48. The summed E-state index contributed by atoms with van der Waals surface area (Å²) in [5.41, 5.74) is 0. The molecule has 0 aliphatic heterocycles. The highest BCUT2D eigenvalue weighted by Gasteiger charge is 2.21. The standard InChI is InChI=1S/C8H14O2S/c9-8(10-6-11)7-4-2-1-3-5-7/h7,11H,1-6H2. The van der Waals surface area contributed by atoms with Crippen molar-refractivity contribution in [2.24, 2.45) is 5.92 Å². The van der Waals surface area contributed by atoms with E-state index in [4.69, 9.17) is 4.74 Å². The minimum absolute atomic E-state index is 0.0558. The Balaban J connectivity index is 2.27. The van der Waals surface area contributed by atoms with Gasteiger partial charge in [-0.1, -0.05) is 19.3 Å². The van der Waals surface area contributed by atoms with Gasteiger partial charge < -0.3 is 4.74 Å². The van der Waals surface area contributed by atoms with Gasteiger partial charge in [0.15, 0.2) is 0 Å². The summed E-state index contributed by atoms with van der Waals surface area (Å²) >= 11 is 3.84. The molecule has 1 fully saturated rings. The molecule has 0 aromatic heterocycles. The number of carbonyl (C=O) groups is 1. The van der Waals surface area contributed by atoms with E-state index in [1.54, 1.807) is 0 Å². The minimum atomic E-state index is -0.0558. The van der Waals surface area contributed by atoms with Crippen molar-refractivity contribution in [3.8, 4) is 0 Å². The van der Waals surface area contributed by atoms with Crippen molar-refractivity contribution in [1.29, 1.82) is 0 Å². The predicted octanol–water partition coefficient (Wildman–Crippen LogP) is 2.00. The average Bonchev–Trinajstić information content (AvgIpc) is 2.07. The third-order valence-electron chi connectivity index (χ3n) is 2.15. The maximum Gasteiger partial charge on any atom is 0.309 e. The fourth-order valence-corrected chi connectivity index (χ4v) is 1.65. The van der Waals surface area contributed by atoms with E-state index in [0.717, 1.165) is 12.8 Å². The van der Waals surface area contributed by atoms with Crippen LogP contribution in [0.25, 0.3) is 0 Å². The quantitative estimate of drug-likeness (QED) is 0.393. The van der Waals surface area contributed by atoms with E-state index >= 15 is 0 Å². The predicted molar refractivity (Wildman–Crippen MR) is 46.5 cm³/mol. The molecule has 0 heterocycles. The number of ether oxygens (including phenoxy) is 1.